The van der Waals surface area contributed by atoms with Gasteiger partial charge in [0.25, 0.3) is 0 Å². The number of hydrogen-bond acceptors (Lipinski definition) is 12. The molecule has 0 bridgehead atoms. The van der Waals surface area contributed by atoms with Gasteiger partial charge in [-0.25, -0.2) is 0 Å². The van der Waals surface area contributed by atoms with Crippen LogP contribution < -0.4 is 0 Å². The van der Waals surface area contributed by atoms with Gasteiger partial charge >= 0.3 is 5.97 Å². The van der Waals surface area contributed by atoms with Crippen LogP contribution in [0.2, 0.25) is 0 Å². The van der Waals surface area contributed by atoms with Crippen LogP contribution in [0, 0.1) is 0 Å². The summed E-state index contributed by atoms with van der Waals surface area (Å²) in [6, 6.07) is 0. The van der Waals surface area contributed by atoms with E-state index in [1.54, 1.807) is 6.92 Å². The lowest BCUT2D eigenvalue weighted by Crippen LogP contribution is -2.60. The van der Waals surface area contributed by atoms with Crippen molar-refractivity contribution in [2.24, 2.45) is 0 Å². The molecule has 6 N–H and O–H groups in total. The highest BCUT2D eigenvalue weighted by molar-refractivity contribution is 5.69. The molecule has 31 heavy (non-hydrogen) atoms. The summed E-state index contributed by atoms with van der Waals surface area (Å²) in [4.78, 5) is 11.8. The van der Waals surface area contributed by atoms with Crippen molar-refractivity contribution in [2.45, 2.75) is 94.5 Å². The third kappa shape index (κ3) is 7.29. The molecule has 10 atom stereocenters. The summed E-state index contributed by atoms with van der Waals surface area (Å²) in [6.45, 7) is 3.18. The zero-order chi connectivity index (χ0) is 23.1. The molecule has 12 nitrogen and oxygen atoms in total. The molecule has 0 spiro atoms. The Morgan fingerprint density at radius 1 is 1.00 bits per heavy atom. The number of esters is 1. The van der Waals surface area contributed by atoms with Gasteiger partial charge in [0, 0.05) is 0 Å². The number of hydrogen-bond donors (Lipinski definition) is 6. The Labute approximate surface area is 180 Å². The zero-order valence-corrected chi connectivity index (χ0v) is 17.6. The minimum atomic E-state index is -1.62. The minimum absolute atomic E-state index is 0.0988. The molecule has 2 aliphatic rings. The van der Waals surface area contributed by atoms with E-state index in [9.17, 15) is 35.4 Å². The second kappa shape index (κ2) is 12.3. The first-order valence-corrected chi connectivity index (χ1v) is 10.4. The van der Waals surface area contributed by atoms with Gasteiger partial charge in [-0.05, 0) is 13.3 Å². The Bertz CT molecular complexity index is 548. The number of unbranched alkanes of at least 4 members (excludes halogenated alkanes) is 1. The molecule has 2 heterocycles. The summed E-state index contributed by atoms with van der Waals surface area (Å²) in [7, 11) is 0. The van der Waals surface area contributed by atoms with Crippen molar-refractivity contribution in [3.05, 3.63) is 0 Å². The van der Waals surface area contributed by atoms with Gasteiger partial charge in [-0.15, -0.1) is 0 Å². The van der Waals surface area contributed by atoms with Crippen LogP contribution in [0.3, 0.4) is 0 Å². The molecule has 2 rings (SSSR count). The van der Waals surface area contributed by atoms with Gasteiger partial charge in [-0.1, -0.05) is 13.3 Å². The van der Waals surface area contributed by atoms with Crippen LogP contribution in [0.4, 0.5) is 0 Å². The SMILES string of the molecule is CCCCOC(=O)C[C@H](C)O[C@@H]1O[C@H](CO[C@@H]2OC[C@H](O)[C@H](O)[C@H]2O)[C@@H](O)[C@H](O)[C@H]1O. The van der Waals surface area contributed by atoms with Gasteiger partial charge in [0.05, 0.1) is 32.3 Å². The number of rotatable bonds is 10. The normalized spacial score (nSPS) is 39.8. The van der Waals surface area contributed by atoms with Crippen molar-refractivity contribution in [1.82, 2.24) is 0 Å². The van der Waals surface area contributed by atoms with Crippen molar-refractivity contribution >= 4 is 5.97 Å². The number of ether oxygens (including phenoxy) is 5. The molecular formula is C19H34O12. The topological polar surface area (TPSA) is 185 Å². The van der Waals surface area contributed by atoms with E-state index in [0.29, 0.717) is 6.61 Å². The van der Waals surface area contributed by atoms with Crippen LogP contribution in [-0.4, -0.2) is 118 Å². The third-order valence-electron chi connectivity index (χ3n) is 5.13. The highest BCUT2D eigenvalue weighted by Crippen LogP contribution is 2.25. The maximum absolute atomic E-state index is 11.8. The molecule has 0 aromatic carbocycles. The van der Waals surface area contributed by atoms with E-state index >= 15 is 0 Å². The van der Waals surface area contributed by atoms with E-state index in [2.05, 4.69) is 0 Å². The van der Waals surface area contributed by atoms with Crippen molar-refractivity contribution < 1.29 is 59.1 Å². The quantitative estimate of drug-likeness (QED) is 0.149. The van der Waals surface area contributed by atoms with Gasteiger partial charge in [0.15, 0.2) is 12.6 Å². The van der Waals surface area contributed by atoms with Crippen molar-refractivity contribution in [3.8, 4) is 0 Å². The highest BCUT2D eigenvalue weighted by Gasteiger charge is 2.46. The lowest BCUT2D eigenvalue weighted by atomic mass is 9.99. The summed E-state index contributed by atoms with van der Waals surface area (Å²) >= 11 is 0. The number of aliphatic hydroxyl groups is 6. The third-order valence-corrected chi connectivity index (χ3v) is 5.13. The summed E-state index contributed by atoms with van der Waals surface area (Å²) in [5.74, 6) is -0.476. The molecule has 0 amide bonds. The summed E-state index contributed by atoms with van der Waals surface area (Å²) in [5.41, 5.74) is 0. The molecule has 2 aliphatic heterocycles. The fourth-order valence-electron chi connectivity index (χ4n) is 3.18. The molecular weight excluding hydrogens is 420 g/mol. The Morgan fingerprint density at radius 2 is 1.68 bits per heavy atom. The second-order valence-corrected chi connectivity index (χ2v) is 7.82. The Hall–Kier alpha value is -0.930. The second-order valence-electron chi connectivity index (χ2n) is 7.82. The van der Waals surface area contributed by atoms with Crippen LogP contribution in [0.15, 0.2) is 0 Å². The predicted octanol–water partition coefficient (Wildman–Crippen LogP) is -2.61. The monoisotopic (exact) mass is 454 g/mol. The first kappa shape index (κ1) is 26.3. The molecule has 2 saturated heterocycles. The fraction of sp³-hybridized carbons (Fsp3) is 0.947. The molecule has 0 radical (unpaired) electrons. The maximum atomic E-state index is 11.8. The van der Waals surface area contributed by atoms with E-state index in [1.807, 2.05) is 6.92 Å². The maximum Gasteiger partial charge on any atom is 0.308 e. The molecule has 0 saturated carbocycles. The number of aliphatic hydroxyl groups excluding tert-OH is 6. The molecule has 12 heteroatoms. The van der Waals surface area contributed by atoms with E-state index in [1.165, 1.54) is 0 Å². The molecule has 0 aliphatic carbocycles. The summed E-state index contributed by atoms with van der Waals surface area (Å²) in [5, 5.41) is 59.5. The van der Waals surface area contributed by atoms with Gasteiger partial charge in [0.2, 0.25) is 0 Å². The van der Waals surface area contributed by atoms with Crippen molar-refractivity contribution in [2.75, 3.05) is 19.8 Å². The van der Waals surface area contributed by atoms with E-state index in [-0.39, 0.29) is 19.6 Å². The standard InChI is InChI=1S/C19H34O12/c1-3-4-5-27-12(21)6-9(2)30-19-17(26)15(24)14(23)11(31-19)8-29-18-16(25)13(22)10(20)7-28-18/h9-11,13-20,22-26H,3-8H2,1-2H3/t9-,10-,11+,13-,14+,15-,16+,17+,18-,19+/m0/s1. The minimum Gasteiger partial charge on any atom is -0.466 e. The van der Waals surface area contributed by atoms with Crippen LogP contribution in [0.25, 0.3) is 0 Å². The van der Waals surface area contributed by atoms with Gasteiger partial charge in [-0.3, -0.25) is 4.79 Å². The van der Waals surface area contributed by atoms with Gasteiger partial charge in [0.1, 0.15) is 42.7 Å². The largest absolute Gasteiger partial charge is 0.466 e. The van der Waals surface area contributed by atoms with E-state index < -0.39 is 67.4 Å². The van der Waals surface area contributed by atoms with Gasteiger partial charge < -0.3 is 54.3 Å². The smallest absolute Gasteiger partial charge is 0.308 e. The van der Waals surface area contributed by atoms with Gasteiger partial charge in [-0.2, -0.15) is 0 Å². The van der Waals surface area contributed by atoms with Crippen LogP contribution in [0.5, 0.6) is 0 Å². The lowest BCUT2D eigenvalue weighted by Gasteiger charge is -2.42. The molecule has 0 aromatic heterocycles. The van der Waals surface area contributed by atoms with Crippen LogP contribution >= 0.6 is 0 Å². The molecule has 0 unspecified atom stereocenters. The number of carbonyl (C=O) groups excluding carboxylic acids is 1. The lowest BCUT2D eigenvalue weighted by molar-refractivity contribution is -0.326. The Balaban J connectivity index is 1.87. The first-order valence-electron chi connectivity index (χ1n) is 10.4. The zero-order valence-electron chi connectivity index (χ0n) is 17.6. The fourth-order valence-corrected chi connectivity index (χ4v) is 3.18. The first-order chi connectivity index (χ1) is 14.6. The van der Waals surface area contributed by atoms with Crippen LogP contribution in [-0.2, 0) is 28.5 Å². The van der Waals surface area contributed by atoms with Crippen molar-refractivity contribution in [1.29, 1.82) is 0 Å². The highest BCUT2D eigenvalue weighted by atomic mass is 16.7. The molecule has 182 valence electrons. The van der Waals surface area contributed by atoms with Crippen LogP contribution in [0.1, 0.15) is 33.1 Å². The molecule has 2 fully saturated rings. The molecule has 0 aromatic rings. The van der Waals surface area contributed by atoms with E-state index in [4.69, 9.17) is 23.7 Å². The average molecular weight is 454 g/mol. The number of carbonyl (C=O) groups is 1. The Morgan fingerprint density at radius 3 is 2.35 bits per heavy atom. The van der Waals surface area contributed by atoms with Crippen molar-refractivity contribution in [3.63, 3.8) is 0 Å². The predicted molar refractivity (Wildman–Crippen MR) is 101 cm³/mol. The average Bonchev–Trinajstić information content (AvgIpc) is 2.72. The Kier molecular flexibility index (Phi) is 10.5. The summed E-state index contributed by atoms with van der Waals surface area (Å²) < 4.78 is 26.5. The van der Waals surface area contributed by atoms with E-state index in [0.717, 1.165) is 12.8 Å². The summed E-state index contributed by atoms with van der Waals surface area (Å²) in [6.07, 6.45) is -12.0.